The quantitative estimate of drug-likeness (QED) is 0.315. The summed E-state index contributed by atoms with van der Waals surface area (Å²) in [5, 5.41) is 9.87. The number of H-pyrrole nitrogens is 2. The zero-order chi connectivity index (χ0) is 20.4. The first-order chi connectivity index (χ1) is 14.1. The van der Waals surface area contributed by atoms with Gasteiger partial charge in [0.15, 0.2) is 0 Å². The molecule has 150 valence electrons. The van der Waals surface area contributed by atoms with Gasteiger partial charge in [-0.2, -0.15) is 0 Å². The molecule has 29 heavy (non-hydrogen) atoms. The number of unbranched alkanes of at least 4 members (excludes halogenated alkanes) is 2. The van der Waals surface area contributed by atoms with Gasteiger partial charge in [-0.15, -0.1) is 0 Å². The number of benzene rings is 2. The van der Waals surface area contributed by atoms with Gasteiger partial charge in [0.25, 0.3) is 0 Å². The number of fused-ring (bicyclic) bond motifs is 2. The molecule has 4 rings (SSSR count). The van der Waals surface area contributed by atoms with Crippen molar-refractivity contribution in [2.24, 2.45) is 0 Å². The molecule has 2 heterocycles. The Hall–Kier alpha value is -3.15. The van der Waals surface area contributed by atoms with Gasteiger partial charge in [-0.05, 0) is 48.2 Å². The number of carboxylic acid groups (broad SMARTS) is 1. The summed E-state index contributed by atoms with van der Waals surface area (Å²) in [5.74, 6) is -1.64. The second-order valence-electron chi connectivity index (χ2n) is 7.36. The molecular weight excluding hydrogens is 374 g/mol. The predicted octanol–water partition coefficient (Wildman–Crippen LogP) is 6.09. The number of hydrogen-bond donors (Lipinski definition) is 3. The Bertz CT molecular complexity index is 1080. The molecule has 0 saturated carbocycles. The number of aromatic amines is 2. The van der Waals surface area contributed by atoms with E-state index in [1.165, 1.54) is 12.1 Å². The average Bonchev–Trinajstić information content (AvgIpc) is 3.31. The minimum Gasteiger partial charge on any atom is -0.481 e. The van der Waals surface area contributed by atoms with Gasteiger partial charge in [-0.25, -0.2) is 8.78 Å². The van der Waals surface area contributed by atoms with Gasteiger partial charge in [0, 0.05) is 46.5 Å². The van der Waals surface area contributed by atoms with E-state index < -0.39 is 5.97 Å². The van der Waals surface area contributed by atoms with Crippen LogP contribution in [0.15, 0.2) is 48.8 Å². The zero-order valence-corrected chi connectivity index (χ0v) is 15.8. The Morgan fingerprint density at radius 1 is 0.862 bits per heavy atom. The van der Waals surface area contributed by atoms with E-state index in [2.05, 4.69) is 9.97 Å². The number of aliphatic carboxylic acids is 1. The van der Waals surface area contributed by atoms with Gasteiger partial charge in [-0.3, -0.25) is 4.79 Å². The molecule has 4 nitrogen and oxygen atoms in total. The second kappa shape index (κ2) is 8.07. The summed E-state index contributed by atoms with van der Waals surface area (Å²) in [6, 6.07) is 9.82. The molecule has 0 radical (unpaired) electrons. The third kappa shape index (κ3) is 3.75. The molecule has 2 aromatic heterocycles. The molecule has 0 aliphatic rings. The first-order valence-corrected chi connectivity index (χ1v) is 9.79. The molecule has 0 aliphatic heterocycles. The largest absolute Gasteiger partial charge is 0.481 e. The van der Waals surface area contributed by atoms with Crippen LogP contribution in [0.1, 0.15) is 49.1 Å². The average molecular weight is 396 g/mol. The first kappa shape index (κ1) is 19.2. The van der Waals surface area contributed by atoms with Crippen molar-refractivity contribution in [3.63, 3.8) is 0 Å². The van der Waals surface area contributed by atoms with Gasteiger partial charge in [0.2, 0.25) is 0 Å². The predicted molar refractivity (Wildman–Crippen MR) is 109 cm³/mol. The molecule has 0 saturated heterocycles. The Balaban J connectivity index is 1.74. The molecule has 3 N–H and O–H groups in total. The number of nitrogens with one attached hydrogen (secondary N) is 2. The molecule has 0 aliphatic carbocycles. The van der Waals surface area contributed by atoms with Crippen LogP contribution in [0.2, 0.25) is 0 Å². The van der Waals surface area contributed by atoms with E-state index in [1.807, 2.05) is 12.1 Å². The smallest absolute Gasteiger partial charge is 0.303 e. The van der Waals surface area contributed by atoms with Crippen LogP contribution in [0.3, 0.4) is 0 Å². The normalized spacial score (nSPS) is 11.7. The van der Waals surface area contributed by atoms with E-state index in [-0.39, 0.29) is 24.0 Å². The van der Waals surface area contributed by atoms with Gasteiger partial charge in [0.1, 0.15) is 11.6 Å². The molecular formula is C23H22F2N2O2. The molecule has 0 unspecified atom stereocenters. The van der Waals surface area contributed by atoms with Crippen molar-refractivity contribution in [3.05, 3.63) is 71.6 Å². The van der Waals surface area contributed by atoms with Crippen molar-refractivity contribution < 1.29 is 18.7 Å². The van der Waals surface area contributed by atoms with E-state index in [0.717, 1.165) is 24.0 Å². The fourth-order valence-electron chi connectivity index (χ4n) is 4.16. The van der Waals surface area contributed by atoms with Crippen LogP contribution >= 0.6 is 0 Å². The third-order valence-corrected chi connectivity index (χ3v) is 5.51. The SMILES string of the molecule is O=C(O)CCCCCC(c1c[nH]c2cccc(F)c12)c1c[nH]c2cccc(F)c12. The maximum atomic E-state index is 14.6. The van der Waals surface area contributed by atoms with E-state index in [0.29, 0.717) is 34.6 Å². The lowest BCUT2D eigenvalue weighted by molar-refractivity contribution is -0.137. The highest BCUT2D eigenvalue weighted by atomic mass is 19.1. The summed E-state index contributed by atoms with van der Waals surface area (Å²) in [7, 11) is 0. The molecule has 0 amide bonds. The number of aromatic nitrogens is 2. The molecule has 2 aromatic carbocycles. The van der Waals surface area contributed by atoms with E-state index in [4.69, 9.17) is 5.11 Å². The van der Waals surface area contributed by atoms with Crippen molar-refractivity contribution >= 4 is 27.8 Å². The molecule has 4 aromatic rings. The molecule has 6 heteroatoms. The van der Waals surface area contributed by atoms with Crippen molar-refractivity contribution in [3.8, 4) is 0 Å². The number of halogens is 2. The van der Waals surface area contributed by atoms with Gasteiger partial charge in [0.05, 0.1) is 0 Å². The van der Waals surface area contributed by atoms with Crippen LogP contribution in [0.5, 0.6) is 0 Å². The molecule has 0 bridgehead atoms. The van der Waals surface area contributed by atoms with Crippen LogP contribution in [0.4, 0.5) is 8.78 Å². The van der Waals surface area contributed by atoms with Crippen LogP contribution in [-0.2, 0) is 4.79 Å². The van der Waals surface area contributed by atoms with Crippen LogP contribution < -0.4 is 0 Å². The fraction of sp³-hybridized carbons (Fsp3) is 0.261. The van der Waals surface area contributed by atoms with Gasteiger partial charge >= 0.3 is 5.97 Å². The maximum Gasteiger partial charge on any atom is 0.303 e. The van der Waals surface area contributed by atoms with Crippen molar-refractivity contribution in [1.29, 1.82) is 0 Å². The van der Waals surface area contributed by atoms with Gasteiger partial charge in [-0.1, -0.05) is 25.0 Å². The van der Waals surface area contributed by atoms with E-state index in [1.54, 1.807) is 24.5 Å². The Morgan fingerprint density at radius 3 is 1.93 bits per heavy atom. The van der Waals surface area contributed by atoms with Crippen molar-refractivity contribution in [1.82, 2.24) is 9.97 Å². The van der Waals surface area contributed by atoms with Crippen LogP contribution in [0, 0.1) is 11.6 Å². The van der Waals surface area contributed by atoms with Crippen molar-refractivity contribution in [2.45, 2.75) is 38.0 Å². The maximum absolute atomic E-state index is 14.6. The lowest BCUT2D eigenvalue weighted by Crippen LogP contribution is -2.02. The topological polar surface area (TPSA) is 68.9 Å². The summed E-state index contributed by atoms with van der Waals surface area (Å²) in [6.45, 7) is 0. The van der Waals surface area contributed by atoms with Crippen molar-refractivity contribution in [2.75, 3.05) is 0 Å². The zero-order valence-electron chi connectivity index (χ0n) is 15.8. The lowest BCUT2D eigenvalue weighted by Gasteiger charge is -2.17. The number of hydrogen-bond acceptors (Lipinski definition) is 1. The summed E-state index contributed by atoms with van der Waals surface area (Å²) >= 11 is 0. The minimum absolute atomic E-state index is 0.133. The Morgan fingerprint density at radius 2 is 1.41 bits per heavy atom. The van der Waals surface area contributed by atoms with E-state index in [9.17, 15) is 13.6 Å². The number of rotatable bonds is 8. The molecule has 0 fully saturated rings. The lowest BCUT2D eigenvalue weighted by atomic mass is 9.86. The van der Waals surface area contributed by atoms with Gasteiger partial charge < -0.3 is 15.1 Å². The van der Waals surface area contributed by atoms with Crippen LogP contribution in [0.25, 0.3) is 21.8 Å². The summed E-state index contributed by atoms with van der Waals surface area (Å²) in [6.07, 6.45) is 6.51. The highest BCUT2D eigenvalue weighted by Crippen LogP contribution is 2.39. The fourth-order valence-corrected chi connectivity index (χ4v) is 4.16. The third-order valence-electron chi connectivity index (χ3n) is 5.51. The summed E-state index contributed by atoms with van der Waals surface area (Å²) in [5.41, 5.74) is 2.99. The van der Waals surface area contributed by atoms with Crippen LogP contribution in [-0.4, -0.2) is 21.0 Å². The summed E-state index contributed by atoms with van der Waals surface area (Å²) < 4.78 is 29.3. The standard InChI is InChI=1S/C23H22F2N2O2/c24-17-7-4-9-19-22(17)15(12-26-19)14(6-2-1-3-11-21(28)29)16-13-27-20-10-5-8-18(25)23(16)20/h4-5,7-10,12-14,26-27H,1-3,6,11H2,(H,28,29). The number of carbonyl (C=O) groups is 1. The highest BCUT2D eigenvalue weighted by molar-refractivity contribution is 5.88. The minimum atomic E-state index is -0.807. The Labute approximate surface area is 166 Å². The molecule has 0 spiro atoms. The number of carboxylic acids is 1. The van der Waals surface area contributed by atoms with E-state index >= 15 is 0 Å². The highest BCUT2D eigenvalue weighted by Gasteiger charge is 2.24. The summed E-state index contributed by atoms with van der Waals surface area (Å²) in [4.78, 5) is 17.0. The second-order valence-corrected chi connectivity index (χ2v) is 7.36. The molecule has 0 atom stereocenters. The Kier molecular flexibility index (Phi) is 5.34. The first-order valence-electron chi connectivity index (χ1n) is 9.79. The monoisotopic (exact) mass is 396 g/mol.